The van der Waals surface area contributed by atoms with Crippen LogP contribution in [0, 0.1) is 0 Å². The smallest absolute Gasteiger partial charge is 0.339 e. The van der Waals surface area contributed by atoms with E-state index in [-0.39, 0.29) is 12.5 Å². The Morgan fingerprint density at radius 3 is 2.85 bits per heavy atom. The first kappa shape index (κ1) is 19.7. The van der Waals surface area contributed by atoms with Crippen molar-refractivity contribution in [3.05, 3.63) is 28.3 Å². The summed E-state index contributed by atoms with van der Waals surface area (Å²) in [5.41, 5.74) is -0.961. The summed E-state index contributed by atoms with van der Waals surface area (Å²) in [6.07, 6.45) is 1.39. The lowest BCUT2D eigenvalue weighted by atomic mass is 10.0. The molecular formula is C18H25N3O5. The Balaban J connectivity index is 2.25. The Morgan fingerprint density at radius 1 is 1.50 bits per heavy atom. The van der Waals surface area contributed by atoms with Crippen LogP contribution in [0.1, 0.15) is 45.4 Å². The van der Waals surface area contributed by atoms with Crippen LogP contribution in [0.25, 0.3) is 0 Å². The molecular weight excluding hydrogens is 338 g/mol. The molecule has 0 aromatic carbocycles. The maximum Gasteiger partial charge on any atom is 0.339 e. The quantitative estimate of drug-likeness (QED) is 0.745. The van der Waals surface area contributed by atoms with Gasteiger partial charge < -0.3 is 19.2 Å². The number of amides is 1. The number of methoxy groups -OCH3 is 1. The molecule has 0 radical (unpaired) electrons. The number of nitrogens with one attached hydrogen (secondary N) is 1. The fourth-order valence-electron chi connectivity index (χ4n) is 2.55. The average Bonchev–Trinajstić information content (AvgIpc) is 3.03. The number of aliphatic imine (C=N–C) groups is 2. The third-order valence-corrected chi connectivity index (χ3v) is 4.20. The minimum Gasteiger partial charge on any atom is -0.496 e. The molecule has 26 heavy (non-hydrogen) atoms. The molecule has 1 aromatic rings. The molecule has 8 nitrogen and oxygen atoms in total. The molecule has 142 valence electrons. The second-order valence-electron chi connectivity index (χ2n) is 6.32. The van der Waals surface area contributed by atoms with Crippen molar-refractivity contribution in [3.8, 4) is 5.75 Å². The molecule has 1 amide bonds. The number of hydrogen-bond acceptors (Lipinski definition) is 7. The molecule has 1 N–H and O–H groups in total. The predicted molar refractivity (Wildman–Crippen MR) is 98.1 cm³/mol. The monoisotopic (exact) mass is 363 g/mol. The Hall–Kier alpha value is -2.64. The first-order valence-corrected chi connectivity index (χ1v) is 8.49. The van der Waals surface area contributed by atoms with Gasteiger partial charge in [-0.2, -0.15) is 0 Å². The number of hydrogen-bond donors (Lipinski definition) is 1. The maximum absolute atomic E-state index is 12.8. The SMILES string of the molecule is CCC[C@@H](NC(=O)[C@]1(C)COC(C(C)=NC)=N1)c1cc(OC)cc(=O)o1. The van der Waals surface area contributed by atoms with Gasteiger partial charge in [-0.1, -0.05) is 13.3 Å². The number of ether oxygens (including phenoxy) is 2. The summed E-state index contributed by atoms with van der Waals surface area (Å²) in [5, 5.41) is 2.92. The second-order valence-corrected chi connectivity index (χ2v) is 6.32. The van der Waals surface area contributed by atoms with Gasteiger partial charge in [-0.3, -0.25) is 9.79 Å². The fraction of sp³-hybridized carbons (Fsp3) is 0.556. The summed E-state index contributed by atoms with van der Waals surface area (Å²) in [4.78, 5) is 33.0. The Kier molecular flexibility index (Phi) is 6.18. The molecule has 1 aromatic heterocycles. The van der Waals surface area contributed by atoms with Crippen LogP contribution in [0.3, 0.4) is 0 Å². The van der Waals surface area contributed by atoms with Crippen molar-refractivity contribution in [3.63, 3.8) is 0 Å². The Bertz CT molecular complexity index is 783. The van der Waals surface area contributed by atoms with Crippen LogP contribution in [0.5, 0.6) is 5.75 Å². The van der Waals surface area contributed by atoms with Gasteiger partial charge in [0, 0.05) is 13.1 Å². The van der Waals surface area contributed by atoms with E-state index in [9.17, 15) is 9.59 Å². The highest BCUT2D eigenvalue weighted by Gasteiger charge is 2.41. The molecule has 0 fully saturated rings. The van der Waals surface area contributed by atoms with Gasteiger partial charge in [-0.15, -0.1) is 0 Å². The highest BCUT2D eigenvalue weighted by Crippen LogP contribution is 2.25. The van der Waals surface area contributed by atoms with E-state index in [0.29, 0.717) is 29.5 Å². The van der Waals surface area contributed by atoms with Crippen LogP contribution in [-0.2, 0) is 9.53 Å². The van der Waals surface area contributed by atoms with Gasteiger partial charge in [-0.05, 0) is 20.3 Å². The number of rotatable bonds is 7. The third kappa shape index (κ3) is 4.30. The average molecular weight is 363 g/mol. The summed E-state index contributed by atoms with van der Waals surface area (Å²) in [5.74, 6) is 0.796. The van der Waals surface area contributed by atoms with E-state index in [2.05, 4.69) is 15.3 Å². The maximum atomic E-state index is 12.8. The van der Waals surface area contributed by atoms with E-state index in [4.69, 9.17) is 13.9 Å². The van der Waals surface area contributed by atoms with Crippen LogP contribution in [-0.4, -0.2) is 43.8 Å². The Labute approximate surface area is 152 Å². The molecule has 0 saturated heterocycles. The molecule has 0 unspecified atom stereocenters. The van der Waals surface area contributed by atoms with Crippen LogP contribution in [0.4, 0.5) is 0 Å². The van der Waals surface area contributed by atoms with E-state index >= 15 is 0 Å². The minimum absolute atomic E-state index is 0.127. The van der Waals surface area contributed by atoms with Gasteiger partial charge in [-0.25, -0.2) is 9.79 Å². The van der Waals surface area contributed by atoms with E-state index < -0.39 is 17.2 Å². The Morgan fingerprint density at radius 2 is 2.23 bits per heavy atom. The lowest BCUT2D eigenvalue weighted by Gasteiger charge is -2.23. The van der Waals surface area contributed by atoms with Gasteiger partial charge in [0.1, 0.15) is 18.1 Å². The van der Waals surface area contributed by atoms with Gasteiger partial charge in [0.25, 0.3) is 5.91 Å². The van der Waals surface area contributed by atoms with Crippen molar-refractivity contribution in [1.82, 2.24) is 5.32 Å². The highest BCUT2D eigenvalue weighted by atomic mass is 16.5. The molecule has 1 aliphatic rings. The van der Waals surface area contributed by atoms with Gasteiger partial charge >= 0.3 is 5.63 Å². The zero-order valence-electron chi connectivity index (χ0n) is 15.8. The summed E-state index contributed by atoms with van der Waals surface area (Å²) < 4.78 is 15.9. The number of nitrogens with zero attached hydrogens (tertiary/aromatic N) is 2. The van der Waals surface area contributed by atoms with Crippen LogP contribution >= 0.6 is 0 Å². The minimum atomic E-state index is -1.06. The zero-order chi connectivity index (χ0) is 19.3. The largest absolute Gasteiger partial charge is 0.496 e. The standard InChI is InChI=1S/C18H25N3O5/c1-6-7-13(14-8-12(24-5)9-15(22)26-14)20-17(23)18(3)10-25-16(21-18)11(2)19-4/h8-9,13H,6-7,10H2,1-5H3,(H,20,23)/t13-,18+/m1/s1. The van der Waals surface area contributed by atoms with Crippen molar-refractivity contribution in [1.29, 1.82) is 0 Å². The van der Waals surface area contributed by atoms with Gasteiger partial charge in [0.15, 0.2) is 5.54 Å². The topological polar surface area (TPSA) is 102 Å². The highest BCUT2D eigenvalue weighted by molar-refractivity contribution is 6.38. The first-order valence-electron chi connectivity index (χ1n) is 8.49. The lowest BCUT2D eigenvalue weighted by molar-refractivity contribution is -0.127. The van der Waals surface area contributed by atoms with Crippen LogP contribution in [0.2, 0.25) is 0 Å². The van der Waals surface area contributed by atoms with Crippen molar-refractivity contribution >= 4 is 17.5 Å². The third-order valence-electron chi connectivity index (χ3n) is 4.20. The van der Waals surface area contributed by atoms with Gasteiger partial charge in [0.05, 0.1) is 24.9 Å². The summed E-state index contributed by atoms with van der Waals surface area (Å²) in [6.45, 7) is 5.58. The van der Waals surface area contributed by atoms with Crippen molar-refractivity contribution in [2.24, 2.45) is 9.98 Å². The summed E-state index contributed by atoms with van der Waals surface area (Å²) >= 11 is 0. The van der Waals surface area contributed by atoms with Crippen molar-refractivity contribution in [2.75, 3.05) is 20.8 Å². The molecule has 2 heterocycles. The second kappa shape index (κ2) is 8.16. The van der Waals surface area contributed by atoms with Crippen LogP contribution < -0.4 is 15.7 Å². The normalized spacial score (nSPS) is 21.0. The van der Waals surface area contributed by atoms with E-state index in [1.165, 1.54) is 13.2 Å². The molecule has 1 aliphatic heterocycles. The lowest BCUT2D eigenvalue weighted by Crippen LogP contribution is -2.45. The molecule has 8 heteroatoms. The van der Waals surface area contributed by atoms with E-state index in [0.717, 1.165) is 6.42 Å². The number of carbonyl (C=O) groups is 1. The fourth-order valence-corrected chi connectivity index (χ4v) is 2.55. The molecule has 0 aliphatic carbocycles. The van der Waals surface area contributed by atoms with E-state index in [1.54, 1.807) is 27.0 Å². The number of carbonyl (C=O) groups excluding carboxylic acids is 1. The predicted octanol–water partition coefficient (Wildman–Crippen LogP) is 1.88. The first-order chi connectivity index (χ1) is 12.3. The summed E-state index contributed by atoms with van der Waals surface area (Å²) in [7, 11) is 3.11. The van der Waals surface area contributed by atoms with Gasteiger partial charge in [0.2, 0.25) is 5.90 Å². The molecule has 0 bridgehead atoms. The van der Waals surface area contributed by atoms with Crippen molar-refractivity contribution < 1.29 is 18.7 Å². The summed E-state index contributed by atoms with van der Waals surface area (Å²) in [6, 6.07) is 2.40. The molecule has 2 rings (SSSR count). The molecule has 2 atom stereocenters. The zero-order valence-corrected chi connectivity index (χ0v) is 15.8. The molecule has 0 saturated carbocycles. The van der Waals surface area contributed by atoms with Crippen molar-refractivity contribution in [2.45, 2.75) is 45.2 Å². The van der Waals surface area contributed by atoms with Crippen LogP contribution in [0.15, 0.2) is 31.3 Å². The van der Waals surface area contributed by atoms with E-state index in [1.807, 2.05) is 6.92 Å². The molecule has 0 spiro atoms.